The summed E-state index contributed by atoms with van der Waals surface area (Å²) >= 11 is 1.82. The molecule has 0 saturated carbocycles. The fourth-order valence-corrected chi connectivity index (χ4v) is 3.60. The minimum Gasteiger partial charge on any atom is -0.478 e. The predicted molar refractivity (Wildman–Crippen MR) is 81.7 cm³/mol. The molecule has 3 N–H and O–H groups in total. The summed E-state index contributed by atoms with van der Waals surface area (Å²) in [5, 5.41) is 19.1. The largest absolute Gasteiger partial charge is 0.478 e. The lowest BCUT2D eigenvalue weighted by atomic mass is 10.1. The van der Waals surface area contributed by atoms with Gasteiger partial charge in [0, 0.05) is 23.1 Å². The summed E-state index contributed by atoms with van der Waals surface area (Å²) in [5.41, 5.74) is -1.30. The van der Waals surface area contributed by atoms with Crippen LogP contribution in [0.2, 0.25) is 0 Å². The number of aromatic carboxylic acids is 1. The van der Waals surface area contributed by atoms with Crippen LogP contribution in [0.4, 0.5) is 0 Å². The number of hydrogen-bond donors (Lipinski definition) is 3. The summed E-state index contributed by atoms with van der Waals surface area (Å²) in [6, 6.07) is 3.85. The van der Waals surface area contributed by atoms with Crippen molar-refractivity contribution in [1.29, 1.82) is 0 Å². The number of hydrogen-bond acceptors (Lipinski definition) is 5. The van der Waals surface area contributed by atoms with Crippen LogP contribution >= 0.6 is 22.6 Å². The van der Waals surface area contributed by atoms with E-state index in [4.69, 9.17) is 9.84 Å². The summed E-state index contributed by atoms with van der Waals surface area (Å²) in [6.07, 6.45) is 0.350. The van der Waals surface area contributed by atoms with Crippen LogP contribution in [0, 0.1) is 3.57 Å². The van der Waals surface area contributed by atoms with Crippen LogP contribution in [0.5, 0.6) is 0 Å². The highest BCUT2D eigenvalue weighted by Crippen LogP contribution is 2.20. The molecule has 1 aromatic rings. The molecule has 1 fully saturated rings. The van der Waals surface area contributed by atoms with Crippen LogP contribution in [0.3, 0.4) is 0 Å². The number of halogens is 1. The van der Waals surface area contributed by atoms with E-state index in [0.717, 1.165) is 6.07 Å². The Kier molecular flexibility index (Phi) is 4.88. The van der Waals surface area contributed by atoms with E-state index in [1.54, 1.807) is 0 Å². The maximum absolute atomic E-state index is 12.2. The number of carboxylic acid groups (broad SMARTS) is 1. The molecule has 7 nitrogen and oxygen atoms in total. The zero-order valence-corrected chi connectivity index (χ0v) is 13.8. The Morgan fingerprint density at radius 2 is 2.19 bits per heavy atom. The van der Waals surface area contributed by atoms with E-state index < -0.39 is 21.6 Å². The van der Waals surface area contributed by atoms with Crippen molar-refractivity contribution in [2.75, 3.05) is 19.8 Å². The Balaban J connectivity index is 2.19. The average molecular weight is 427 g/mol. The van der Waals surface area contributed by atoms with Crippen molar-refractivity contribution >= 4 is 38.6 Å². The van der Waals surface area contributed by atoms with Gasteiger partial charge in [0.15, 0.2) is 0 Å². The Morgan fingerprint density at radius 1 is 1.48 bits per heavy atom. The molecule has 0 amide bonds. The molecule has 1 saturated heterocycles. The Hall–Kier alpha value is -0.750. The number of carbonyl (C=O) groups is 1. The van der Waals surface area contributed by atoms with Gasteiger partial charge in [-0.05, 0) is 40.8 Å². The van der Waals surface area contributed by atoms with Crippen molar-refractivity contribution < 1.29 is 28.2 Å². The first-order valence-electron chi connectivity index (χ1n) is 6.06. The van der Waals surface area contributed by atoms with Crippen LogP contribution < -0.4 is 4.72 Å². The zero-order valence-electron chi connectivity index (χ0n) is 10.9. The van der Waals surface area contributed by atoms with E-state index in [9.17, 15) is 18.3 Å². The minimum atomic E-state index is -3.89. The third-order valence-corrected chi connectivity index (χ3v) is 5.49. The third kappa shape index (κ3) is 3.92. The monoisotopic (exact) mass is 427 g/mol. The predicted octanol–water partition coefficient (Wildman–Crippen LogP) is 0.419. The SMILES string of the molecule is O=C(O)c1cc(S(=O)(=O)NCC2(O)CCOC2)ccc1I. The van der Waals surface area contributed by atoms with E-state index in [2.05, 4.69) is 4.72 Å². The molecule has 1 atom stereocenters. The van der Waals surface area contributed by atoms with Gasteiger partial charge in [0.05, 0.1) is 17.1 Å². The molecule has 2 rings (SSSR count). The molecule has 1 heterocycles. The normalized spacial score (nSPS) is 22.4. The van der Waals surface area contributed by atoms with Gasteiger partial charge in [-0.1, -0.05) is 0 Å². The van der Waals surface area contributed by atoms with Crippen molar-refractivity contribution in [3.63, 3.8) is 0 Å². The standard InChI is InChI=1S/C12H14INO6S/c13-10-2-1-8(5-9(10)11(15)16)21(18,19)14-6-12(17)3-4-20-7-12/h1-2,5,14,17H,3-4,6-7H2,(H,15,16). The lowest BCUT2D eigenvalue weighted by Gasteiger charge is -2.20. The van der Waals surface area contributed by atoms with Crippen LogP contribution in [0.15, 0.2) is 23.1 Å². The second kappa shape index (κ2) is 6.16. The van der Waals surface area contributed by atoms with Crippen molar-refractivity contribution in [2.24, 2.45) is 0 Å². The van der Waals surface area contributed by atoms with Gasteiger partial charge in [-0.15, -0.1) is 0 Å². The maximum Gasteiger partial charge on any atom is 0.336 e. The second-order valence-electron chi connectivity index (χ2n) is 4.80. The molecule has 0 bridgehead atoms. The molecule has 1 aliphatic heterocycles. The smallest absolute Gasteiger partial charge is 0.336 e. The molecular formula is C12H14INO6S. The molecule has 0 aliphatic carbocycles. The first-order chi connectivity index (χ1) is 9.73. The zero-order chi connectivity index (χ0) is 15.7. The summed E-state index contributed by atoms with van der Waals surface area (Å²) in [6.45, 7) is 0.275. The Labute approximate surface area is 135 Å². The molecule has 9 heteroatoms. The first-order valence-corrected chi connectivity index (χ1v) is 8.62. The van der Waals surface area contributed by atoms with Crippen LogP contribution in [-0.2, 0) is 14.8 Å². The average Bonchev–Trinajstić information content (AvgIpc) is 2.84. The number of benzene rings is 1. The molecular weight excluding hydrogens is 413 g/mol. The van der Waals surface area contributed by atoms with Gasteiger partial charge >= 0.3 is 5.97 Å². The number of rotatable bonds is 5. The van der Waals surface area contributed by atoms with Gasteiger partial charge in [-0.3, -0.25) is 0 Å². The van der Waals surface area contributed by atoms with Gasteiger partial charge < -0.3 is 14.9 Å². The van der Waals surface area contributed by atoms with Crippen molar-refractivity contribution in [1.82, 2.24) is 4.72 Å². The van der Waals surface area contributed by atoms with Crippen LogP contribution in [0.1, 0.15) is 16.8 Å². The van der Waals surface area contributed by atoms with Crippen molar-refractivity contribution in [3.8, 4) is 0 Å². The van der Waals surface area contributed by atoms with Gasteiger partial charge in [-0.25, -0.2) is 17.9 Å². The second-order valence-corrected chi connectivity index (χ2v) is 7.73. The lowest BCUT2D eigenvalue weighted by Crippen LogP contribution is -2.43. The van der Waals surface area contributed by atoms with Crippen LogP contribution in [-0.4, -0.2) is 50.0 Å². The third-order valence-electron chi connectivity index (χ3n) is 3.15. The number of ether oxygens (including phenoxy) is 1. The summed E-state index contributed by atoms with van der Waals surface area (Å²) < 4.78 is 32.1. The fourth-order valence-electron chi connectivity index (χ4n) is 1.88. The van der Waals surface area contributed by atoms with Crippen molar-refractivity contribution in [2.45, 2.75) is 16.9 Å². The topological polar surface area (TPSA) is 113 Å². The van der Waals surface area contributed by atoms with E-state index >= 15 is 0 Å². The van der Waals surface area contributed by atoms with E-state index in [0.29, 0.717) is 16.6 Å². The van der Waals surface area contributed by atoms with Gasteiger partial charge in [0.25, 0.3) is 0 Å². The highest BCUT2D eigenvalue weighted by molar-refractivity contribution is 14.1. The number of carboxylic acids is 1. The highest BCUT2D eigenvalue weighted by atomic mass is 127. The molecule has 0 spiro atoms. The quantitative estimate of drug-likeness (QED) is 0.588. The molecule has 21 heavy (non-hydrogen) atoms. The summed E-state index contributed by atoms with van der Waals surface area (Å²) in [5.74, 6) is -1.20. The molecule has 1 unspecified atom stereocenters. The molecule has 0 aromatic heterocycles. The van der Waals surface area contributed by atoms with Gasteiger partial charge in [0.1, 0.15) is 5.60 Å². The number of sulfonamides is 1. The number of aliphatic hydroxyl groups is 1. The first kappa shape index (κ1) is 16.6. The lowest BCUT2D eigenvalue weighted by molar-refractivity contribution is 0.0314. The summed E-state index contributed by atoms with van der Waals surface area (Å²) in [7, 11) is -3.89. The van der Waals surface area contributed by atoms with E-state index in [-0.39, 0.29) is 23.6 Å². The minimum absolute atomic E-state index is 0.0720. The molecule has 1 aliphatic rings. The van der Waals surface area contributed by atoms with Gasteiger partial charge in [0.2, 0.25) is 10.0 Å². The summed E-state index contributed by atoms with van der Waals surface area (Å²) in [4.78, 5) is 10.9. The maximum atomic E-state index is 12.2. The van der Waals surface area contributed by atoms with Gasteiger partial charge in [-0.2, -0.15) is 0 Å². The van der Waals surface area contributed by atoms with E-state index in [1.807, 2.05) is 22.6 Å². The van der Waals surface area contributed by atoms with Crippen LogP contribution in [0.25, 0.3) is 0 Å². The number of nitrogens with one attached hydrogen (secondary N) is 1. The highest BCUT2D eigenvalue weighted by Gasteiger charge is 2.33. The van der Waals surface area contributed by atoms with Crippen molar-refractivity contribution in [3.05, 3.63) is 27.3 Å². The molecule has 0 radical (unpaired) electrons. The molecule has 116 valence electrons. The Bertz CT molecular complexity index is 654. The molecule has 1 aromatic carbocycles. The fraction of sp³-hybridized carbons (Fsp3) is 0.417. The van der Waals surface area contributed by atoms with E-state index in [1.165, 1.54) is 12.1 Å². The Morgan fingerprint density at radius 3 is 2.76 bits per heavy atom.